The van der Waals surface area contributed by atoms with E-state index < -0.39 is 0 Å². The van der Waals surface area contributed by atoms with E-state index >= 15 is 0 Å². The predicted molar refractivity (Wildman–Crippen MR) is 109 cm³/mol. The van der Waals surface area contributed by atoms with Crippen LogP contribution >= 0.6 is 24.0 Å². The van der Waals surface area contributed by atoms with E-state index in [0.717, 1.165) is 44.6 Å². The van der Waals surface area contributed by atoms with Gasteiger partial charge in [0.1, 0.15) is 18.2 Å². The molecule has 0 radical (unpaired) electrons. The van der Waals surface area contributed by atoms with Crippen LogP contribution in [0.25, 0.3) is 0 Å². The second-order valence-corrected chi connectivity index (χ2v) is 5.87. The van der Waals surface area contributed by atoms with Gasteiger partial charge in [-0.15, -0.1) is 24.0 Å². The first-order valence-corrected chi connectivity index (χ1v) is 8.76. The molecule has 0 spiro atoms. The summed E-state index contributed by atoms with van der Waals surface area (Å²) in [6.07, 6.45) is 3.57. The molecule has 0 saturated heterocycles. The van der Waals surface area contributed by atoms with Gasteiger partial charge in [0, 0.05) is 32.4 Å². The molecule has 0 amide bonds. The predicted octanol–water partition coefficient (Wildman–Crippen LogP) is 3.19. The zero-order chi connectivity index (χ0) is 17.0. The Hall–Kier alpha value is -1.09. The lowest BCUT2D eigenvalue weighted by molar-refractivity contribution is 0.123. The van der Waals surface area contributed by atoms with Crippen LogP contribution in [0.15, 0.2) is 29.3 Å². The van der Waals surface area contributed by atoms with Crippen molar-refractivity contribution < 1.29 is 13.9 Å². The van der Waals surface area contributed by atoms with Gasteiger partial charge < -0.3 is 20.1 Å². The zero-order valence-electron chi connectivity index (χ0n) is 14.8. The van der Waals surface area contributed by atoms with Crippen LogP contribution in [0.5, 0.6) is 5.75 Å². The highest BCUT2D eigenvalue weighted by molar-refractivity contribution is 14.0. The molecule has 2 rings (SSSR count). The third kappa shape index (κ3) is 10.5. The van der Waals surface area contributed by atoms with Crippen molar-refractivity contribution in [2.45, 2.75) is 26.2 Å². The molecule has 5 nitrogen and oxygen atoms in total. The number of ether oxygens (including phenoxy) is 2. The van der Waals surface area contributed by atoms with Gasteiger partial charge in [0.05, 0.1) is 6.54 Å². The van der Waals surface area contributed by atoms with E-state index in [1.807, 2.05) is 6.92 Å². The van der Waals surface area contributed by atoms with Crippen LogP contribution in [0.3, 0.4) is 0 Å². The smallest absolute Gasteiger partial charge is 0.191 e. The van der Waals surface area contributed by atoms with E-state index in [-0.39, 0.29) is 29.8 Å². The molecule has 1 aromatic carbocycles. The fourth-order valence-electron chi connectivity index (χ4n) is 2.13. The molecular formula is C18H29FIN3O2. The summed E-state index contributed by atoms with van der Waals surface area (Å²) in [4.78, 5) is 4.50. The van der Waals surface area contributed by atoms with Crippen molar-refractivity contribution in [3.63, 3.8) is 0 Å². The molecule has 0 aliphatic heterocycles. The van der Waals surface area contributed by atoms with Crippen molar-refractivity contribution in [3.8, 4) is 5.75 Å². The van der Waals surface area contributed by atoms with Crippen molar-refractivity contribution in [1.29, 1.82) is 0 Å². The summed E-state index contributed by atoms with van der Waals surface area (Å²) in [5.41, 5.74) is 0. The van der Waals surface area contributed by atoms with E-state index in [1.165, 1.54) is 25.0 Å². The molecule has 0 unspecified atom stereocenters. The minimum Gasteiger partial charge on any atom is -0.492 e. The van der Waals surface area contributed by atoms with Gasteiger partial charge in [-0.25, -0.2) is 4.39 Å². The molecule has 1 aliphatic carbocycles. The number of rotatable bonds is 11. The van der Waals surface area contributed by atoms with Gasteiger partial charge in [0.15, 0.2) is 5.96 Å². The van der Waals surface area contributed by atoms with Crippen LogP contribution in [0, 0.1) is 11.7 Å². The van der Waals surface area contributed by atoms with Gasteiger partial charge in [-0.2, -0.15) is 0 Å². The Labute approximate surface area is 166 Å². The van der Waals surface area contributed by atoms with E-state index in [1.54, 1.807) is 12.1 Å². The summed E-state index contributed by atoms with van der Waals surface area (Å²) in [7, 11) is 0. The summed E-state index contributed by atoms with van der Waals surface area (Å²) in [6.45, 7) is 6.26. The van der Waals surface area contributed by atoms with Crippen LogP contribution in [0.4, 0.5) is 4.39 Å². The first-order chi connectivity index (χ1) is 11.8. The molecule has 1 aromatic rings. The number of hydrogen-bond acceptors (Lipinski definition) is 3. The maximum Gasteiger partial charge on any atom is 0.191 e. The summed E-state index contributed by atoms with van der Waals surface area (Å²) >= 11 is 0. The molecular weight excluding hydrogens is 436 g/mol. The third-order valence-electron chi connectivity index (χ3n) is 3.57. The van der Waals surface area contributed by atoms with Crippen LogP contribution in [-0.2, 0) is 4.74 Å². The van der Waals surface area contributed by atoms with E-state index in [9.17, 15) is 4.39 Å². The Morgan fingerprint density at radius 2 is 2.12 bits per heavy atom. The minimum atomic E-state index is -0.292. The minimum absolute atomic E-state index is 0. The van der Waals surface area contributed by atoms with Gasteiger partial charge >= 0.3 is 0 Å². The Morgan fingerprint density at radius 1 is 1.28 bits per heavy atom. The molecule has 1 saturated carbocycles. The molecule has 25 heavy (non-hydrogen) atoms. The Bertz CT molecular complexity index is 513. The fourth-order valence-corrected chi connectivity index (χ4v) is 2.13. The summed E-state index contributed by atoms with van der Waals surface area (Å²) in [5.74, 6) is 1.82. The van der Waals surface area contributed by atoms with Crippen molar-refractivity contribution in [3.05, 3.63) is 30.1 Å². The number of nitrogens with zero attached hydrogens (tertiary/aromatic N) is 1. The van der Waals surface area contributed by atoms with Crippen molar-refractivity contribution in [1.82, 2.24) is 10.6 Å². The van der Waals surface area contributed by atoms with E-state index in [2.05, 4.69) is 15.6 Å². The van der Waals surface area contributed by atoms with Gasteiger partial charge in [-0.1, -0.05) is 6.07 Å². The van der Waals surface area contributed by atoms with Gasteiger partial charge in [-0.05, 0) is 44.2 Å². The number of benzene rings is 1. The largest absolute Gasteiger partial charge is 0.492 e. The molecule has 1 aliphatic rings. The van der Waals surface area contributed by atoms with Crippen molar-refractivity contribution >= 4 is 29.9 Å². The molecule has 0 aromatic heterocycles. The zero-order valence-corrected chi connectivity index (χ0v) is 17.1. The lowest BCUT2D eigenvalue weighted by Crippen LogP contribution is -2.39. The second-order valence-electron chi connectivity index (χ2n) is 5.87. The highest BCUT2D eigenvalue weighted by Crippen LogP contribution is 2.28. The highest BCUT2D eigenvalue weighted by Gasteiger charge is 2.20. The number of hydrogen-bond donors (Lipinski definition) is 2. The van der Waals surface area contributed by atoms with Gasteiger partial charge in [0.2, 0.25) is 0 Å². The number of guanidine groups is 1. The Kier molecular flexibility index (Phi) is 11.6. The summed E-state index contributed by atoms with van der Waals surface area (Å²) < 4.78 is 24.1. The number of aliphatic imine (C=N–C) groups is 1. The Morgan fingerprint density at radius 3 is 2.84 bits per heavy atom. The van der Waals surface area contributed by atoms with Crippen LogP contribution < -0.4 is 15.4 Å². The maximum atomic E-state index is 13.0. The van der Waals surface area contributed by atoms with Gasteiger partial charge in [0.25, 0.3) is 0 Å². The Balaban J connectivity index is 0.00000312. The van der Waals surface area contributed by atoms with Crippen molar-refractivity contribution in [2.75, 3.05) is 39.5 Å². The summed E-state index contributed by atoms with van der Waals surface area (Å²) in [6, 6.07) is 6.15. The number of halogens is 2. The lowest BCUT2D eigenvalue weighted by atomic mass is 10.3. The standard InChI is InChI=1S/C18H28FN3O2.HI/c1-2-20-18(21-9-4-11-23-14-15-7-8-15)22-10-12-24-17-6-3-5-16(19)13-17;/h3,5-6,13,15H,2,4,7-12,14H2,1H3,(H2,20,21,22);1H. The monoisotopic (exact) mass is 465 g/mol. The first-order valence-electron chi connectivity index (χ1n) is 8.76. The molecule has 142 valence electrons. The molecule has 0 bridgehead atoms. The van der Waals surface area contributed by atoms with E-state index in [4.69, 9.17) is 9.47 Å². The first kappa shape index (κ1) is 22.0. The fraction of sp³-hybridized carbons (Fsp3) is 0.611. The highest BCUT2D eigenvalue weighted by atomic mass is 127. The second kappa shape index (κ2) is 13.2. The van der Waals surface area contributed by atoms with E-state index in [0.29, 0.717) is 18.9 Å². The van der Waals surface area contributed by atoms with Gasteiger partial charge in [-0.3, -0.25) is 4.99 Å². The normalized spacial score (nSPS) is 13.9. The molecule has 0 atom stereocenters. The molecule has 0 heterocycles. The third-order valence-corrected chi connectivity index (χ3v) is 3.57. The summed E-state index contributed by atoms with van der Waals surface area (Å²) in [5, 5.41) is 6.40. The SMILES string of the molecule is CCNC(=NCCCOCC1CC1)NCCOc1cccc(F)c1.I. The molecule has 2 N–H and O–H groups in total. The average Bonchev–Trinajstić information content (AvgIpc) is 3.39. The van der Waals surface area contributed by atoms with Crippen molar-refractivity contribution in [2.24, 2.45) is 10.9 Å². The maximum absolute atomic E-state index is 13.0. The van der Waals surface area contributed by atoms with Crippen LogP contribution in [-0.4, -0.2) is 45.4 Å². The average molecular weight is 465 g/mol. The quantitative estimate of drug-likeness (QED) is 0.228. The lowest BCUT2D eigenvalue weighted by Gasteiger charge is -2.12. The van der Waals surface area contributed by atoms with Crippen LogP contribution in [0.1, 0.15) is 26.2 Å². The number of nitrogens with one attached hydrogen (secondary N) is 2. The topological polar surface area (TPSA) is 54.9 Å². The molecule has 7 heteroatoms. The molecule has 1 fully saturated rings. The van der Waals surface area contributed by atoms with Crippen LogP contribution in [0.2, 0.25) is 0 Å².